The van der Waals surface area contributed by atoms with E-state index in [1.54, 1.807) is 0 Å². The van der Waals surface area contributed by atoms with Crippen molar-refractivity contribution < 1.29 is 24.8 Å². The molecule has 0 amide bonds. The van der Waals surface area contributed by atoms with Gasteiger partial charge >= 0.3 is 0 Å². The van der Waals surface area contributed by atoms with Crippen LogP contribution < -0.4 is 0 Å². The molecule has 0 unspecified atom stereocenters. The summed E-state index contributed by atoms with van der Waals surface area (Å²) in [5, 5.41) is 28.7. The molecule has 1 rings (SSSR count). The maximum Gasteiger partial charge on any atom is 0.114 e. The van der Waals surface area contributed by atoms with Gasteiger partial charge in [0, 0.05) is 6.61 Å². The molecule has 1 aliphatic rings. The fraction of sp³-hybridized carbons (Fsp3) is 0.917. The minimum absolute atomic E-state index is 0.153. The Bertz CT molecular complexity index is 387. The second kappa shape index (κ2) is 18.3. The van der Waals surface area contributed by atoms with E-state index in [2.05, 4.69) is 19.1 Å². The first-order chi connectivity index (χ1) is 14.2. The lowest BCUT2D eigenvalue weighted by atomic mass is 10.1. The molecule has 0 aromatic rings. The predicted molar refractivity (Wildman–Crippen MR) is 118 cm³/mol. The third-order valence-electron chi connectivity index (χ3n) is 5.70. The normalized spacial score (nSPS) is 23.2. The molecule has 172 valence electrons. The van der Waals surface area contributed by atoms with Crippen LogP contribution >= 0.6 is 0 Å². The van der Waals surface area contributed by atoms with Gasteiger partial charge in [-0.05, 0) is 32.1 Å². The van der Waals surface area contributed by atoms with Gasteiger partial charge in [-0.1, -0.05) is 76.9 Å². The molecule has 0 aromatic heterocycles. The molecule has 0 aliphatic carbocycles. The Labute approximate surface area is 178 Å². The van der Waals surface area contributed by atoms with Crippen molar-refractivity contribution in [2.75, 3.05) is 19.8 Å². The Morgan fingerprint density at radius 2 is 1.45 bits per heavy atom. The summed E-state index contributed by atoms with van der Waals surface area (Å²) >= 11 is 0. The lowest BCUT2D eigenvalue weighted by Gasteiger charge is -2.23. The van der Waals surface area contributed by atoms with Gasteiger partial charge in [0.2, 0.25) is 0 Å². The third-order valence-corrected chi connectivity index (χ3v) is 5.70. The summed E-state index contributed by atoms with van der Waals surface area (Å²) in [7, 11) is 0. The lowest BCUT2D eigenvalue weighted by molar-refractivity contribution is -0.0938. The molecule has 1 saturated heterocycles. The second-order valence-corrected chi connectivity index (χ2v) is 8.39. The number of hydrogen-bond acceptors (Lipinski definition) is 5. The molecule has 0 spiro atoms. The molecule has 4 atom stereocenters. The summed E-state index contributed by atoms with van der Waals surface area (Å²) < 4.78 is 11.0. The van der Waals surface area contributed by atoms with Crippen molar-refractivity contribution in [3.05, 3.63) is 12.2 Å². The van der Waals surface area contributed by atoms with Crippen molar-refractivity contribution in [3.63, 3.8) is 0 Å². The van der Waals surface area contributed by atoms with Crippen molar-refractivity contribution >= 4 is 0 Å². The van der Waals surface area contributed by atoms with Crippen molar-refractivity contribution in [3.8, 4) is 0 Å². The van der Waals surface area contributed by atoms with Gasteiger partial charge in [0.25, 0.3) is 0 Å². The average Bonchev–Trinajstić information content (AvgIpc) is 3.10. The molecule has 0 saturated carbocycles. The number of aliphatic hydroxyl groups is 3. The Morgan fingerprint density at radius 1 is 0.897 bits per heavy atom. The van der Waals surface area contributed by atoms with E-state index in [0.29, 0.717) is 6.61 Å². The van der Waals surface area contributed by atoms with E-state index in [4.69, 9.17) is 14.6 Å². The Kier molecular flexibility index (Phi) is 16.8. The molecule has 0 radical (unpaired) electrons. The van der Waals surface area contributed by atoms with Crippen LogP contribution in [0.3, 0.4) is 0 Å². The number of allylic oxidation sites excluding steroid dienone is 2. The first-order valence-corrected chi connectivity index (χ1v) is 12.1. The summed E-state index contributed by atoms with van der Waals surface area (Å²) in [5.74, 6) is 0. The highest BCUT2D eigenvalue weighted by Crippen LogP contribution is 2.21. The van der Waals surface area contributed by atoms with Crippen molar-refractivity contribution in [1.82, 2.24) is 0 Å². The number of unbranched alkanes of at least 4 members (excludes halogenated alkanes) is 12. The Morgan fingerprint density at radius 3 is 2.03 bits per heavy atom. The van der Waals surface area contributed by atoms with Gasteiger partial charge in [-0.25, -0.2) is 0 Å². The van der Waals surface area contributed by atoms with E-state index in [-0.39, 0.29) is 13.2 Å². The first-order valence-electron chi connectivity index (χ1n) is 12.1. The number of hydrogen-bond donors (Lipinski definition) is 3. The fourth-order valence-electron chi connectivity index (χ4n) is 3.83. The van der Waals surface area contributed by atoms with Gasteiger partial charge in [0.15, 0.2) is 0 Å². The summed E-state index contributed by atoms with van der Waals surface area (Å²) in [6.45, 7) is 2.59. The zero-order valence-corrected chi connectivity index (χ0v) is 18.6. The molecule has 3 N–H and O–H groups in total. The van der Waals surface area contributed by atoms with Crippen molar-refractivity contribution in [1.29, 1.82) is 0 Å². The quantitative estimate of drug-likeness (QED) is 0.214. The maximum absolute atomic E-state index is 9.89. The summed E-state index contributed by atoms with van der Waals surface area (Å²) in [6.07, 6.45) is 19.5. The van der Waals surface area contributed by atoms with E-state index in [1.165, 1.54) is 77.0 Å². The van der Waals surface area contributed by atoms with Crippen LogP contribution in [0.1, 0.15) is 96.8 Å². The van der Waals surface area contributed by atoms with Crippen molar-refractivity contribution in [2.45, 2.75) is 121 Å². The predicted octanol–water partition coefficient (Wildman–Crippen LogP) is 4.52. The van der Waals surface area contributed by atoms with E-state index in [9.17, 15) is 10.2 Å². The standard InChI is InChI=1S/C24H46O5/c1-2-3-4-5-6-7-8-9-10-11-12-13-14-15-16-17-18-28-24-22(27)20-29-23(24)21(26)19-25/h9-10,21-27H,2-8,11-20H2,1H3/b10-9+/t21-,22+,23+,24+/m0/s1. The first kappa shape index (κ1) is 26.6. The Hall–Kier alpha value is -0.460. The molecule has 1 heterocycles. The maximum atomic E-state index is 9.89. The van der Waals surface area contributed by atoms with Crippen LogP contribution in [0, 0.1) is 0 Å². The highest BCUT2D eigenvalue weighted by Gasteiger charge is 2.40. The second-order valence-electron chi connectivity index (χ2n) is 8.39. The highest BCUT2D eigenvalue weighted by atomic mass is 16.6. The smallest absolute Gasteiger partial charge is 0.114 e. The monoisotopic (exact) mass is 414 g/mol. The van der Waals surface area contributed by atoms with Crippen LogP contribution in [-0.2, 0) is 9.47 Å². The van der Waals surface area contributed by atoms with E-state index < -0.39 is 24.4 Å². The average molecular weight is 415 g/mol. The largest absolute Gasteiger partial charge is 0.394 e. The highest BCUT2D eigenvalue weighted by molar-refractivity contribution is 4.89. The molecule has 29 heavy (non-hydrogen) atoms. The van der Waals surface area contributed by atoms with Crippen LogP contribution in [0.25, 0.3) is 0 Å². The van der Waals surface area contributed by atoms with E-state index >= 15 is 0 Å². The molecule has 5 nitrogen and oxygen atoms in total. The van der Waals surface area contributed by atoms with Gasteiger partial charge in [-0.2, -0.15) is 0 Å². The number of ether oxygens (including phenoxy) is 2. The van der Waals surface area contributed by atoms with Gasteiger partial charge in [-0.3, -0.25) is 0 Å². The molecule has 0 aromatic carbocycles. The van der Waals surface area contributed by atoms with Crippen LogP contribution in [0.2, 0.25) is 0 Å². The Balaban J connectivity index is 1.87. The van der Waals surface area contributed by atoms with Crippen LogP contribution in [-0.4, -0.2) is 59.6 Å². The summed E-state index contributed by atoms with van der Waals surface area (Å²) in [6, 6.07) is 0. The third kappa shape index (κ3) is 12.7. The van der Waals surface area contributed by atoms with E-state index in [1.807, 2.05) is 0 Å². The minimum Gasteiger partial charge on any atom is -0.394 e. The molecular weight excluding hydrogens is 368 g/mol. The molecule has 5 heteroatoms. The summed E-state index contributed by atoms with van der Waals surface area (Å²) in [4.78, 5) is 0. The van der Waals surface area contributed by atoms with Crippen LogP contribution in [0.15, 0.2) is 12.2 Å². The fourth-order valence-corrected chi connectivity index (χ4v) is 3.83. The SMILES string of the molecule is CCCCCCCC/C=C/CCCCCCCCO[C@H]1[C@@H]([C@@H](O)CO)OC[C@H]1O. The van der Waals surface area contributed by atoms with Gasteiger partial charge < -0.3 is 24.8 Å². The summed E-state index contributed by atoms with van der Waals surface area (Å²) in [5.41, 5.74) is 0. The van der Waals surface area contributed by atoms with Crippen molar-refractivity contribution in [2.24, 2.45) is 0 Å². The zero-order valence-electron chi connectivity index (χ0n) is 18.6. The minimum atomic E-state index is -1.00. The van der Waals surface area contributed by atoms with Gasteiger partial charge in [0.1, 0.15) is 24.4 Å². The van der Waals surface area contributed by atoms with E-state index in [0.717, 1.165) is 12.8 Å². The molecule has 0 bridgehead atoms. The van der Waals surface area contributed by atoms with Gasteiger partial charge in [0.05, 0.1) is 13.2 Å². The lowest BCUT2D eigenvalue weighted by Crippen LogP contribution is -2.42. The molecule has 1 fully saturated rings. The molecular formula is C24H46O5. The molecule has 1 aliphatic heterocycles. The topological polar surface area (TPSA) is 79.2 Å². The number of rotatable bonds is 19. The number of aliphatic hydroxyl groups excluding tert-OH is 3. The van der Waals surface area contributed by atoms with Crippen LogP contribution in [0.5, 0.6) is 0 Å². The van der Waals surface area contributed by atoms with Crippen LogP contribution in [0.4, 0.5) is 0 Å². The van der Waals surface area contributed by atoms with Gasteiger partial charge in [-0.15, -0.1) is 0 Å². The zero-order chi connectivity index (χ0) is 21.2.